The topological polar surface area (TPSA) is 106 Å². The first kappa shape index (κ1) is 24.1. The van der Waals surface area contributed by atoms with Gasteiger partial charge in [-0.3, -0.25) is 0 Å². The highest BCUT2D eigenvalue weighted by Crippen LogP contribution is 2.34. The lowest BCUT2D eigenvalue weighted by atomic mass is 10.1. The normalized spacial score (nSPS) is 17.8. The molecule has 0 saturated carbocycles. The zero-order chi connectivity index (χ0) is 23.7. The third-order valence-corrected chi connectivity index (χ3v) is 6.10. The molecular weight excluding hydrogens is 476 g/mol. The number of nitrogens with zero attached hydrogens (tertiary/aromatic N) is 5. The third kappa shape index (κ3) is 5.64. The van der Waals surface area contributed by atoms with Gasteiger partial charge in [-0.25, -0.2) is 27.3 Å². The molecule has 4 rings (SSSR count). The number of nitrogens with two attached hydrogens (primary N) is 1. The van der Waals surface area contributed by atoms with E-state index in [0.717, 1.165) is 17.0 Å². The average Bonchev–Trinajstić information content (AvgIpc) is 3.07. The van der Waals surface area contributed by atoms with Crippen LogP contribution in [0.5, 0.6) is 0 Å². The number of sulfonamides is 1. The second-order valence-electron chi connectivity index (χ2n) is 7.06. The van der Waals surface area contributed by atoms with Crippen molar-refractivity contribution < 1.29 is 26.0 Å². The first-order chi connectivity index (χ1) is 14.9. The van der Waals surface area contributed by atoms with Crippen LogP contribution in [0.2, 0.25) is 5.02 Å². The number of aromatic nitrogens is 4. The van der Waals surface area contributed by atoms with E-state index in [1.165, 1.54) is 4.31 Å². The molecule has 1 saturated heterocycles. The van der Waals surface area contributed by atoms with E-state index < -0.39 is 28.1 Å². The number of alkyl halides is 4. The van der Waals surface area contributed by atoms with Gasteiger partial charge in [0.15, 0.2) is 11.5 Å². The van der Waals surface area contributed by atoms with Gasteiger partial charge in [0.1, 0.15) is 11.7 Å². The highest BCUT2D eigenvalue weighted by molar-refractivity contribution is 7.88. The molecule has 32 heavy (non-hydrogen) atoms. The average molecular weight is 495 g/mol. The molecule has 2 N–H and O–H groups in total. The van der Waals surface area contributed by atoms with Crippen LogP contribution in [0.4, 0.5) is 23.5 Å². The molecule has 0 bridgehead atoms. The van der Waals surface area contributed by atoms with Crippen molar-refractivity contribution >= 4 is 33.1 Å². The number of fused-ring (bicyclic) bond motifs is 1. The molecule has 1 atom stereocenters. The molecular formula is C18H19ClF4N6O2S. The van der Waals surface area contributed by atoms with Gasteiger partial charge in [-0.1, -0.05) is 11.6 Å². The number of nitrogen functional groups attached to an aromatic ring is 1. The van der Waals surface area contributed by atoms with Crippen LogP contribution < -0.4 is 5.73 Å². The van der Waals surface area contributed by atoms with E-state index in [-0.39, 0.29) is 23.8 Å². The van der Waals surface area contributed by atoms with Crippen molar-refractivity contribution in [1.82, 2.24) is 23.9 Å². The Kier molecular flexibility index (Phi) is 6.91. The Morgan fingerprint density at radius 1 is 1.22 bits per heavy atom. The SMILES string of the molecule is CS(=O)(=O)N1CCCC(F)C1.Nc1ncc2c(C(F)(F)F)nc(-c3ccc(Cl)cc3)n2n1. The largest absolute Gasteiger partial charge is 0.435 e. The molecule has 14 heteroatoms. The number of hydrogen-bond acceptors (Lipinski definition) is 6. The Labute approximate surface area is 186 Å². The minimum Gasteiger partial charge on any atom is -0.367 e. The van der Waals surface area contributed by atoms with E-state index in [0.29, 0.717) is 30.0 Å². The zero-order valence-corrected chi connectivity index (χ0v) is 18.3. The first-order valence-electron chi connectivity index (χ1n) is 9.30. The molecule has 2 aromatic heterocycles. The lowest BCUT2D eigenvalue weighted by Crippen LogP contribution is -2.39. The standard InChI is InChI=1S/C12H7ClF3N5.C6H12FNO2S/c13-7-3-1-6(2-4-7)10-19-9(12(14,15)16)8-5-18-11(17)20-21(8)10;1-11(9,10)8-4-2-3-6(7)5-8/h1-5H,(H2,17,20);6H,2-5H2,1H3. The summed E-state index contributed by atoms with van der Waals surface area (Å²) in [6, 6.07) is 6.21. The second kappa shape index (κ2) is 9.16. The van der Waals surface area contributed by atoms with Crippen LogP contribution in [-0.4, -0.2) is 57.8 Å². The van der Waals surface area contributed by atoms with Crippen LogP contribution in [0.25, 0.3) is 16.9 Å². The number of rotatable bonds is 2. The van der Waals surface area contributed by atoms with E-state index in [9.17, 15) is 26.0 Å². The number of anilines is 1. The lowest BCUT2D eigenvalue weighted by Gasteiger charge is -2.26. The number of halogens is 5. The van der Waals surface area contributed by atoms with E-state index in [1.807, 2.05) is 0 Å². The molecule has 0 spiro atoms. The van der Waals surface area contributed by atoms with Gasteiger partial charge in [-0.15, -0.1) is 5.10 Å². The fraction of sp³-hybridized carbons (Fsp3) is 0.389. The molecule has 3 aromatic rings. The van der Waals surface area contributed by atoms with Gasteiger partial charge in [0.25, 0.3) is 0 Å². The summed E-state index contributed by atoms with van der Waals surface area (Å²) in [7, 11) is -3.17. The Morgan fingerprint density at radius 2 is 1.88 bits per heavy atom. The van der Waals surface area contributed by atoms with Gasteiger partial charge in [-0.2, -0.15) is 17.5 Å². The highest BCUT2D eigenvalue weighted by atomic mass is 35.5. The minimum atomic E-state index is -4.62. The molecule has 3 heterocycles. The summed E-state index contributed by atoms with van der Waals surface area (Å²) in [4.78, 5) is 7.23. The summed E-state index contributed by atoms with van der Waals surface area (Å²) < 4.78 is 75.7. The molecule has 1 aliphatic rings. The van der Waals surface area contributed by atoms with Crippen molar-refractivity contribution in [2.45, 2.75) is 25.2 Å². The molecule has 8 nitrogen and oxygen atoms in total. The van der Waals surface area contributed by atoms with Gasteiger partial charge in [0.2, 0.25) is 16.0 Å². The number of hydrogen-bond donors (Lipinski definition) is 1. The predicted molar refractivity (Wildman–Crippen MR) is 111 cm³/mol. The molecule has 1 fully saturated rings. The fourth-order valence-corrected chi connectivity index (χ4v) is 4.11. The van der Waals surface area contributed by atoms with Crippen LogP contribution in [0.1, 0.15) is 18.5 Å². The van der Waals surface area contributed by atoms with Crippen molar-refractivity contribution in [2.75, 3.05) is 25.1 Å². The summed E-state index contributed by atoms with van der Waals surface area (Å²) in [6.45, 7) is 0.512. The summed E-state index contributed by atoms with van der Waals surface area (Å²) >= 11 is 5.77. The highest BCUT2D eigenvalue weighted by Gasteiger charge is 2.37. The number of benzene rings is 1. The van der Waals surface area contributed by atoms with E-state index in [2.05, 4.69) is 15.1 Å². The maximum atomic E-state index is 13.0. The van der Waals surface area contributed by atoms with Crippen molar-refractivity contribution in [3.8, 4) is 11.4 Å². The number of imidazole rings is 1. The third-order valence-electron chi connectivity index (χ3n) is 4.58. The Morgan fingerprint density at radius 3 is 2.41 bits per heavy atom. The van der Waals surface area contributed by atoms with Crippen molar-refractivity contribution in [3.05, 3.63) is 41.2 Å². The molecule has 1 unspecified atom stereocenters. The van der Waals surface area contributed by atoms with Gasteiger partial charge in [0, 0.05) is 23.7 Å². The summed E-state index contributed by atoms with van der Waals surface area (Å²) in [5.74, 6) is -0.132. The Hall–Kier alpha value is -2.51. The molecule has 1 aromatic carbocycles. The van der Waals surface area contributed by atoms with Crippen molar-refractivity contribution in [2.24, 2.45) is 0 Å². The zero-order valence-electron chi connectivity index (χ0n) is 16.7. The first-order valence-corrected chi connectivity index (χ1v) is 11.5. The monoisotopic (exact) mass is 494 g/mol. The minimum absolute atomic E-state index is 0.0168. The summed E-state index contributed by atoms with van der Waals surface area (Å²) in [6.07, 6.45) is -2.35. The van der Waals surface area contributed by atoms with E-state index in [4.69, 9.17) is 17.3 Å². The molecule has 1 aliphatic heterocycles. The molecule has 0 aliphatic carbocycles. The van der Waals surface area contributed by atoms with Crippen LogP contribution in [0.3, 0.4) is 0 Å². The predicted octanol–water partition coefficient (Wildman–Crippen LogP) is 3.43. The number of piperidine rings is 1. The maximum absolute atomic E-state index is 13.0. The van der Waals surface area contributed by atoms with Gasteiger partial charge < -0.3 is 5.73 Å². The van der Waals surface area contributed by atoms with Gasteiger partial charge in [0.05, 0.1) is 12.5 Å². The van der Waals surface area contributed by atoms with Crippen LogP contribution in [0.15, 0.2) is 30.5 Å². The molecule has 0 amide bonds. The lowest BCUT2D eigenvalue weighted by molar-refractivity contribution is -0.139. The Balaban J connectivity index is 0.000000222. The van der Waals surface area contributed by atoms with Crippen molar-refractivity contribution in [3.63, 3.8) is 0 Å². The maximum Gasteiger partial charge on any atom is 0.435 e. The van der Waals surface area contributed by atoms with E-state index >= 15 is 0 Å². The molecule has 0 radical (unpaired) electrons. The van der Waals surface area contributed by atoms with Gasteiger partial charge in [-0.05, 0) is 37.1 Å². The van der Waals surface area contributed by atoms with Crippen LogP contribution >= 0.6 is 11.6 Å². The molecule has 174 valence electrons. The van der Waals surface area contributed by atoms with Crippen molar-refractivity contribution in [1.29, 1.82) is 0 Å². The van der Waals surface area contributed by atoms with E-state index in [1.54, 1.807) is 24.3 Å². The van der Waals surface area contributed by atoms with Crippen LogP contribution in [0, 0.1) is 0 Å². The quantitative estimate of drug-likeness (QED) is 0.547. The smallest absolute Gasteiger partial charge is 0.367 e. The summed E-state index contributed by atoms with van der Waals surface area (Å²) in [5.41, 5.74) is 4.55. The summed E-state index contributed by atoms with van der Waals surface area (Å²) in [5, 5.41) is 4.26. The van der Waals surface area contributed by atoms with Crippen LogP contribution in [-0.2, 0) is 16.2 Å². The second-order valence-corrected chi connectivity index (χ2v) is 9.48. The fourth-order valence-electron chi connectivity index (χ4n) is 3.09. The Bertz CT molecular complexity index is 1200. The van der Waals surface area contributed by atoms with Gasteiger partial charge >= 0.3 is 6.18 Å².